The lowest BCUT2D eigenvalue weighted by molar-refractivity contribution is -0.0176. The van der Waals surface area contributed by atoms with Crippen LogP contribution in [-0.4, -0.2) is 27.4 Å². The molecule has 0 amide bonds. The number of aliphatic hydroxyl groups is 1. The van der Waals surface area contributed by atoms with Crippen LogP contribution < -0.4 is 4.74 Å². The lowest BCUT2D eigenvalue weighted by atomic mass is 10.1. The van der Waals surface area contributed by atoms with Crippen molar-refractivity contribution in [2.24, 2.45) is 0 Å². The minimum absolute atomic E-state index is 0.0364. The van der Waals surface area contributed by atoms with Crippen LogP contribution in [0.2, 0.25) is 0 Å². The second-order valence-electron chi connectivity index (χ2n) is 8.94. The Bertz CT molecular complexity index is 1210. The van der Waals surface area contributed by atoms with E-state index in [0.717, 1.165) is 45.7 Å². The highest BCUT2D eigenvalue weighted by Crippen LogP contribution is 2.26. The van der Waals surface area contributed by atoms with E-state index in [9.17, 15) is 5.11 Å². The highest BCUT2D eigenvalue weighted by Gasteiger charge is 2.18. The zero-order valence-electron chi connectivity index (χ0n) is 20.5. The van der Waals surface area contributed by atoms with Gasteiger partial charge >= 0.3 is 0 Å². The molecule has 0 aliphatic heterocycles. The van der Waals surface area contributed by atoms with Gasteiger partial charge in [-0.3, -0.25) is 0 Å². The first-order valence-corrected chi connectivity index (χ1v) is 12.0. The zero-order chi connectivity index (χ0) is 24.1. The Balaban J connectivity index is 1.50. The molecule has 4 rings (SSSR count). The van der Waals surface area contributed by atoms with Crippen LogP contribution >= 0.6 is 0 Å². The molecular formula is C29H34N2O3. The van der Waals surface area contributed by atoms with Crippen molar-refractivity contribution in [2.75, 3.05) is 6.61 Å². The van der Waals surface area contributed by atoms with Crippen molar-refractivity contribution in [1.82, 2.24) is 9.55 Å². The van der Waals surface area contributed by atoms with Crippen LogP contribution in [0.15, 0.2) is 66.7 Å². The van der Waals surface area contributed by atoms with Crippen molar-refractivity contribution >= 4 is 11.0 Å². The van der Waals surface area contributed by atoms with Gasteiger partial charge in [0.05, 0.1) is 36.4 Å². The number of rotatable bonds is 10. The molecule has 5 nitrogen and oxygen atoms in total. The zero-order valence-corrected chi connectivity index (χ0v) is 20.5. The molecule has 0 aliphatic rings. The van der Waals surface area contributed by atoms with Crippen LogP contribution in [0.1, 0.15) is 47.5 Å². The largest absolute Gasteiger partial charge is 0.485 e. The maximum Gasteiger partial charge on any atom is 0.148 e. The van der Waals surface area contributed by atoms with Gasteiger partial charge in [-0.25, -0.2) is 4.98 Å². The number of nitrogens with zero attached hydrogens (tertiary/aromatic N) is 2. The Morgan fingerprint density at radius 1 is 0.941 bits per heavy atom. The van der Waals surface area contributed by atoms with E-state index in [0.29, 0.717) is 13.2 Å². The van der Waals surface area contributed by atoms with E-state index in [2.05, 4.69) is 52.0 Å². The number of aliphatic hydroxyl groups excluding tert-OH is 1. The van der Waals surface area contributed by atoms with Crippen molar-refractivity contribution in [3.05, 3.63) is 94.8 Å². The molecule has 5 heteroatoms. The number of imidazole rings is 1. The van der Waals surface area contributed by atoms with E-state index in [1.54, 1.807) is 0 Å². The maximum absolute atomic E-state index is 10.9. The van der Waals surface area contributed by atoms with Crippen molar-refractivity contribution in [3.8, 4) is 5.75 Å². The summed E-state index contributed by atoms with van der Waals surface area (Å²) in [6.07, 6.45) is 0.140. The molecule has 0 radical (unpaired) electrons. The summed E-state index contributed by atoms with van der Waals surface area (Å²) in [5, 5.41) is 10.9. The summed E-state index contributed by atoms with van der Waals surface area (Å²) >= 11 is 0. The molecule has 0 saturated carbocycles. The molecule has 2 atom stereocenters. The van der Waals surface area contributed by atoms with Gasteiger partial charge in [0.2, 0.25) is 0 Å². The summed E-state index contributed by atoms with van der Waals surface area (Å²) in [5.41, 5.74) is 6.44. The van der Waals surface area contributed by atoms with Gasteiger partial charge in [0, 0.05) is 0 Å². The third-order valence-corrected chi connectivity index (χ3v) is 6.11. The molecule has 0 spiro atoms. The second-order valence-corrected chi connectivity index (χ2v) is 8.94. The molecule has 34 heavy (non-hydrogen) atoms. The van der Waals surface area contributed by atoms with Crippen molar-refractivity contribution in [3.63, 3.8) is 0 Å². The third-order valence-electron chi connectivity index (χ3n) is 6.11. The molecule has 1 heterocycles. The van der Waals surface area contributed by atoms with E-state index in [-0.39, 0.29) is 12.7 Å². The average Bonchev–Trinajstić information content (AvgIpc) is 3.16. The predicted octanol–water partition coefficient (Wildman–Crippen LogP) is 6.07. The van der Waals surface area contributed by atoms with Gasteiger partial charge in [0.15, 0.2) is 0 Å². The van der Waals surface area contributed by atoms with Crippen LogP contribution in [0.5, 0.6) is 5.75 Å². The summed E-state index contributed by atoms with van der Waals surface area (Å²) < 4.78 is 14.4. The molecule has 0 bridgehead atoms. The molecule has 178 valence electrons. The lowest BCUT2D eigenvalue weighted by Gasteiger charge is -2.20. The normalized spacial score (nSPS) is 13.2. The second kappa shape index (κ2) is 10.9. The topological polar surface area (TPSA) is 56.5 Å². The van der Waals surface area contributed by atoms with E-state index < -0.39 is 6.10 Å². The summed E-state index contributed by atoms with van der Waals surface area (Å²) in [6.45, 7) is 9.28. The fourth-order valence-electron chi connectivity index (χ4n) is 4.58. The fourth-order valence-corrected chi connectivity index (χ4v) is 4.58. The van der Waals surface area contributed by atoms with Gasteiger partial charge < -0.3 is 19.1 Å². The number of benzene rings is 3. The van der Waals surface area contributed by atoms with Crippen molar-refractivity contribution < 1.29 is 14.6 Å². The Hall–Kier alpha value is -3.15. The summed E-state index contributed by atoms with van der Waals surface area (Å²) in [5.74, 6) is 1.68. The van der Waals surface area contributed by atoms with Gasteiger partial charge in [-0.1, -0.05) is 67.1 Å². The summed E-state index contributed by atoms with van der Waals surface area (Å²) in [6, 6.07) is 22.4. The van der Waals surface area contributed by atoms with Gasteiger partial charge in [0.25, 0.3) is 0 Å². The van der Waals surface area contributed by atoms with Gasteiger partial charge in [0.1, 0.15) is 18.2 Å². The molecule has 0 aliphatic carbocycles. The molecule has 4 aromatic rings. The average molecular weight is 459 g/mol. The quantitative estimate of drug-likeness (QED) is 0.313. The first-order chi connectivity index (χ1) is 16.5. The Kier molecular flexibility index (Phi) is 7.66. The standard InChI is InChI=1S/C29H34N2O3/c1-5-27(23-11-7-6-8-12-23)33-18-24(32)17-31-26-14-10-9-13-25(26)30-28(31)19-34-29-21(3)15-20(2)16-22(29)4/h6-16,24,27,32H,5,17-19H2,1-4H3. The SMILES string of the molecule is CCC(OCC(O)Cn1c(COc2c(C)cc(C)cc2C)nc2ccccc21)c1ccccc1. The first-order valence-electron chi connectivity index (χ1n) is 12.0. The van der Waals surface area contributed by atoms with Crippen molar-refractivity contribution in [2.45, 2.75) is 59.5 Å². The van der Waals surface area contributed by atoms with Gasteiger partial charge in [-0.15, -0.1) is 0 Å². The minimum Gasteiger partial charge on any atom is -0.485 e. The molecule has 0 saturated heterocycles. The highest BCUT2D eigenvalue weighted by atomic mass is 16.5. The van der Waals surface area contributed by atoms with E-state index >= 15 is 0 Å². The number of aromatic nitrogens is 2. The number of ether oxygens (including phenoxy) is 2. The number of aryl methyl sites for hydroxylation is 3. The Morgan fingerprint density at radius 2 is 1.62 bits per heavy atom. The maximum atomic E-state index is 10.9. The van der Waals surface area contributed by atoms with Crippen LogP contribution in [0, 0.1) is 20.8 Å². The third kappa shape index (κ3) is 5.49. The first kappa shape index (κ1) is 24.0. The van der Waals surface area contributed by atoms with E-state index in [4.69, 9.17) is 14.5 Å². The Labute approximate surface area is 202 Å². The van der Waals surface area contributed by atoms with E-state index in [1.165, 1.54) is 5.56 Å². The van der Waals surface area contributed by atoms with Crippen LogP contribution in [0.3, 0.4) is 0 Å². The van der Waals surface area contributed by atoms with Crippen molar-refractivity contribution in [1.29, 1.82) is 0 Å². The molecular weight excluding hydrogens is 424 g/mol. The van der Waals surface area contributed by atoms with E-state index in [1.807, 2.05) is 47.0 Å². The van der Waals surface area contributed by atoms with Crippen LogP contribution in [-0.2, 0) is 17.9 Å². The summed E-state index contributed by atoms with van der Waals surface area (Å²) in [7, 11) is 0. The molecule has 3 aromatic carbocycles. The highest BCUT2D eigenvalue weighted by molar-refractivity contribution is 5.75. The molecule has 1 N–H and O–H groups in total. The smallest absolute Gasteiger partial charge is 0.148 e. The van der Waals surface area contributed by atoms with Crippen LogP contribution in [0.4, 0.5) is 0 Å². The molecule has 2 unspecified atom stereocenters. The summed E-state index contributed by atoms with van der Waals surface area (Å²) in [4.78, 5) is 4.80. The van der Waals surface area contributed by atoms with Crippen LogP contribution in [0.25, 0.3) is 11.0 Å². The monoisotopic (exact) mass is 458 g/mol. The Morgan fingerprint density at radius 3 is 2.32 bits per heavy atom. The number of hydrogen-bond donors (Lipinski definition) is 1. The minimum atomic E-state index is -0.669. The molecule has 1 aromatic heterocycles. The number of para-hydroxylation sites is 2. The number of fused-ring (bicyclic) bond motifs is 1. The van der Waals surface area contributed by atoms with Gasteiger partial charge in [-0.05, 0) is 56.0 Å². The van der Waals surface area contributed by atoms with Gasteiger partial charge in [-0.2, -0.15) is 0 Å². The predicted molar refractivity (Wildman–Crippen MR) is 136 cm³/mol. The number of hydrogen-bond acceptors (Lipinski definition) is 4. The fraction of sp³-hybridized carbons (Fsp3) is 0.345. The molecule has 0 fully saturated rings. The lowest BCUT2D eigenvalue weighted by Crippen LogP contribution is -2.24.